The van der Waals surface area contributed by atoms with Crippen LogP contribution in [0.4, 0.5) is 0 Å². The Morgan fingerprint density at radius 2 is 2.08 bits per heavy atom. The Morgan fingerprint density at radius 1 is 1.29 bits per heavy atom. The van der Waals surface area contributed by atoms with Crippen LogP contribution >= 0.6 is 35.7 Å². The largest absolute Gasteiger partial charge is 0.376 e. The zero-order valence-corrected chi connectivity index (χ0v) is 17.4. The zero-order chi connectivity index (χ0) is 16.0. The van der Waals surface area contributed by atoms with Crippen LogP contribution in [-0.2, 0) is 4.74 Å². The van der Waals surface area contributed by atoms with Gasteiger partial charge in [0.25, 0.3) is 0 Å². The lowest BCUT2D eigenvalue weighted by atomic mass is 10.2. The number of hydrogen-bond donors (Lipinski definition) is 2. The predicted molar refractivity (Wildman–Crippen MR) is 113 cm³/mol. The Kier molecular flexibility index (Phi) is 8.16. The van der Waals surface area contributed by atoms with Crippen LogP contribution in [-0.4, -0.2) is 43.1 Å². The molecule has 1 aliphatic heterocycles. The van der Waals surface area contributed by atoms with Crippen molar-refractivity contribution in [2.45, 2.75) is 48.4 Å². The van der Waals surface area contributed by atoms with Gasteiger partial charge in [-0.3, -0.25) is 4.99 Å². The Morgan fingerprint density at radius 3 is 2.71 bits per heavy atom. The zero-order valence-electron chi connectivity index (χ0n) is 14.3. The first-order chi connectivity index (χ1) is 11.3. The molecule has 134 valence electrons. The molecule has 1 aromatic carbocycles. The van der Waals surface area contributed by atoms with Gasteiger partial charge in [0.05, 0.1) is 12.6 Å². The highest BCUT2D eigenvalue weighted by atomic mass is 127. The molecule has 6 heteroatoms. The number of nitrogens with one attached hydrogen (secondary N) is 2. The molecule has 0 aromatic heterocycles. The summed E-state index contributed by atoms with van der Waals surface area (Å²) < 4.78 is 5.97. The minimum absolute atomic E-state index is 0. The van der Waals surface area contributed by atoms with E-state index in [1.807, 2.05) is 11.8 Å². The Labute approximate surface area is 166 Å². The molecule has 1 heterocycles. The van der Waals surface area contributed by atoms with Crippen molar-refractivity contribution in [1.29, 1.82) is 0 Å². The van der Waals surface area contributed by atoms with Gasteiger partial charge < -0.3 is 15.4 Å². The van der Waals surface area contributed by atoms with Crippen molar-refractivity contribution in [3.8, 4) is 0 Å². The van der Waals surface area contributed by atoms with Crippen LogP contribution in [0.5, 0.6) is 0 Å². The van der Waals surface area contributed by atoms with Gasteiger partial charge >= 0.3 is 0 Å². The smallest absolute Gasteiger partial charge is 0.191 e. The first-order valence-electron chi connectivity index (χ1n) is 8.67. The fourth-order valence-electron chi connectivity index (χ4n) is 2.75. The molecule has 1 unspecified atom stereocenters. The van der Waals surface area contributed by atoms with Crippen LogP contribution in [0.25, 0.3) is 0 Å². The normalized spacial score (nSPS) is 21.9. The average Bonchev–Trinajstić information content (AvgIpc) is 3.13. The van der Waals surface area contributed by atoms with Gasteiger partial charge in [-0.15, -0.1) is 35.7 Å². The molecule has 3 rings (SSSR count). The van der Waals surface area contributed by atoms with Gasteiger partial charge in [0, 0.05) is 29.3 Å². The molecular formula is C18H28IN3OS. The average molecular weight is 461 g/mol. The third-order valence-corrected chi connectivity index (χ3v) is 5.75. The van der Waals surface area contributed by atoms with Gasteiger partial charge in [-0.2, -0.15) is 0 Å². The van der Waals surface area contributed by atoms with Crippen molar-refractivity contribution in [2.24, 2.45) is 4.99 Å². The van der Waals surface area contributed by atoms with E-state index in [9.17, 15) is 0 Å². The molecule has 1 aromatic rings. The summed E-state index contributed by atoms with van der Waals surface area (Å²) in [6.07, 6.45) is 5.17. The number of ether oxygens (including phenoxy) is 1. The van der Waals surface area contributed by atoms with E-state index in [1.54, 1.807) is 0 Å². The van der Waals surface area contributed by atoms with E-state index < -0.39 is 0 Å². The van der Waals surface area contributed by atoms with Gasteiger partial charge in [-0.1, -0.05) is 18.2 Å². The van der Waals surface area contributed by atoms with E-state index in [4.69, 9.17) is 9.73 Å². The fraction of sp³-hybridized carbons (Fsp3) is 0.611. The number of thioether (sulfide) groups is 1. The van der Waals surface area contributed by atoms with Crippen molar-refractivity contribution in [3.05, 3.63) is 30.3 Å². The van der Waals surface area contributed by atoms with Crippen molar-refractivity contribution in [2.75, 3.05) is 26.2 Å². The Hall–Kier alpha value is -0.470. The summed E-state index contributed by atoms with van der Waals surface area (Å²) in [5.41, 5.74) is 0. The van der Waals surface area contributed by atoms with Crippen molar-refractivity contribution >= 4 is 41.7 Å². The molecule has 2 aliphatic rings. The maximum Gasteiger partial charge on any atom is 0.191 e. The van der Waals surface area contributed by atoms with Crippen LogP contribution in [0, 0.1) is 0 Å². The van der Waals surface area contributed by atoms with Crippen LogP contribution in [0.15, 0.2) is 40.2 Å². The number of guanidine groups is 1. The van der Waals surface area contributed by atoms with E-state index in [0.29, 0.717) is 10.9 Å². The summed E-state index contributed by atoms with van der Waals surface area (Å²) >= 11 is 1.97. The third-order valence-electron chi connectivity index (χ3n) is 4.28. The van der Waals surface area contributed by atoms with E-state index in [-0.39, 0.29) is 24.0 Å². The monoisotopic (exact) mass is 461 g/mol. The number of nitrogens with zero attached hydrogens (tertiary/aromatic N) is 1. The molecule has 0 spiro atoms. The lowest BCUT2D eigenvalue weighted by Crippen LogP contribution is -2.41. The molecule has 4 nitrogen and oxygen atoms in total. The van der Waals surface area contributed by atoms with Gasteiger partial charge in [0.15, 0.2) is 5.96 Å². The molecule has 1 saturated heterocycles. The molecule has 1 atom stereocenters. The summed E-state index contributed by atoms with van der Waals surface area (Å²) in [5, 5.41) is 6.78. The first kappa shape index (κ1) is 19.8. The second kappa shape index (κ2) is 9.87. The summed E-state index contributed by atoms with van der Waals surface area (Å²) in [6, 6.07) is 10.7. The van der Waals surface area contributed by atoms with Gasteiger partial charge in [0.2, 0.25) is 0 Å². The maximum atomic E-state index is 5.67. The minimum Gasteiger partial charge on any atom is -0.376 e. The predicted octanol–water partition coefficient (Wildman–Crippen LogP) is 3.66. The quantitative estimate of drug-likeness (QED) is 0.370. The molecule has 24 heavy (non-hydrogen) atoms. The molecule has 1 aliphatic carbocycles. The lowest BCUT2D eigenvalue weighted by molar-refractivity contribution is 0.114. The molecule has 2 fully saturated rings. The summed E-state index contributed by atoms with van der Waals surface area (Å²) in [7, 11) is 0. The molecule has 1 saturated carbocycles. The second-order valence-electron chi connectivity index (χ2n) is 6.31. The SMILES string of the molecule is CCNC(=NCC1(Sc2ccccc2)CC1)NCC1CCCO1.I. The van der Waals surface area contributed by atoms with Crippen molar-refractivity contribution in [3.63, 3.8) is 0 Å². The second-order valence-corrected chi connectivity index (χ2v) is 7.85. The number of halogens is 1. The number of rotatable bonds is 7. The fourth-order valence-corrected chi connectivity index (χ4v) is 3.98. The summed E-state index contributed by atoms with van der Waals surface area (Å²) in [5.74, 6) is 0.919. The Bertz CT molecular complexity index is 516. The molecular weight excluding hydrogens is 433 g/mol. The van der Waals surface area contributed by atoms with Crippen LogP contribution in [0.2, 0.25) is 0 Å². The molecule has 2 N–H and O–H groups in total. The van der Waals surface area contributed by atoms with E-state index in [2.05, 4.69) is 47.9 Å². The maximum absolute atomic E-state index is 5.67. The van der Waals surface area contributed by atoms with E-state index in [0.717, 1.165) is 38.6 Å². The van der Waals surface area contributed by atoms with Gasteiger partial charge in [0.1, 0.15) is 0 Å². The topological polar surface area (TPSA) is 45.7 Å². The first-order valence-corrected chi connectivity index (χ1v) is 9.49. The van der Waals surface area contributed by atoms with E-state index >= 15 is 0 Å². The number of aliphatic imine (C=N–C) groups is 1. The minimum atomic E-state index is 0. The van der Waals surface area contributed by atoms with Gasteiger partial charge in [-0.25, -0.2) is 0 Å². The summed E-state index contributed by atoms with van der Waals surface area (Å²) in [4.78, 5) is 6.17. The van der Waals surface area contributed by atoms with Gasteiger partial charge in [-0.05, 0) is 44.7 Å². The molecule has 0 radical (unpaired) electrons. The van der Waals surface area contributed by atoms with Crippen LogP contribution in [0.1, 0.15) is 32.6 Å². The molecule has 0 bridgehead atoms. The highest BCUT2D eigenvalue weighted by Crippen LogP contribution is 2.51. The van der Waals surface area contributed by atoms with Crippen LogP contribution in [0.3, 0.4) is 0 Å². The van der Waals surface area contributed by atoms with Crippen LogP contribution < -0.4 is 10.6 Å². The highest BCUT2D eigenvalue weighted by molar-refractivity contribution is 14.0. The van der Waals surface area contributed by atoms with Crippen molar-refractivity contribution in [1.82, 2.24) is 10.6 Å². The number of hydrogen-bond acceptors (Lipinski definition) is 3. The van der Waals surface area contributed by atoms with E-state index in [1.165, 1.54) is 24.2 Å². The molecule has 0 amide bonds. The Balaban J connectivity index is 0.00000208. The summed E-state index contributed by atoms with van der Waals surface area (Å²) in [6.45, 7) is 5.61. The standard InChI is InChI=1S/C18H27N3OS.HI/c1-2-19-17(20-13-15-7-6-12-22-15)21-14-18(10-11-18)23-16-8-4-3-5-9-16;/h3-5,8-9,15H,2,6-7,10-14H2,1H3,(H2,19,20,21);1H. The lowest BCUT2D eigenvalue weighted by Gasteiger charge is -2.17. The number of benzene rings is 1. The third kappa shape index (κ3) is 6.11. The van der Waals surface area contributed by atoms with Crippen molar-refractivity contribution < 1.29 is 4.74 Å². The highest BCUT2D eigenvalue weighted by Gasteiger charge is 2.43.